The molecule has 1 aliphatic rings. The van der Waals surface area contributed by atoms with Gasteiger partial charge in [-0.15, -0.1) is 11.3 Å². The quantitative estimate of drug-likeness (QED) is 0.357. The summed E-state index contributed by atoms with van der Waals surface area (Å²) in [7, 11) is 1.41. The van der Waals surface area contributed by atoms with Crippen LogP contribution in [0.1, 0.15) is 19.5 Å². The summed E-state index contributed by atoms with van der Waals surface area (Å²) in [5, 5.41) is 2.02. The average molecular weight is 451 g/mol. The Balaban J connectivity index is 1.84. The van der Waals surface area contributed by atoms with Crippen LogP contribution >= 0.6 is 43.8 Å². The van der Waals surface area contributed by atoms with Crippen LogP contribution in [0.5, 0.6) is 0 Å². The first-order valence-electron chi connectivity index (χ1n) is 6.68. The van der Waals surface area contributed by atoms with Crippen molar-refractivity contribution in [1.82, 2.24) is 4.98 Å². The smallest absolute Gasteiger partial charge is 0.321 e. The number of thiazole rings is 1. The zero-order valence-electron chi connectivity index (χ0n) is 12.7. The maximum atomic E-state index is 11.7. The fourth-order valence-corrected chi connectivity index (χ4v) is 5.29. The van der Waals surface area contributed by atoms with Gasteiger partial charge in [-0.25, -0.2) is 4.98 Å². The summed E-state index contributed by atoms with van der Waals surface area (Å²) in [6.07, 6.45) is 4.83. The van der Waals surface area contributed by atoms with Crippen molar-refractivity contribution >= 4 is 53.8 Å². The number of hydrogen-bond acceptors (Lipinski definition) is 6. The number of allylic oxidation sites excluding steroid dienone is 2. The molecular weight excluding hydrogens is 433 g/mol. The topological polar surface area (TPSA) is 48.4 Å². The molecule has 1 aliphatic heterocycles. The number of ether oxygens (including phenoxy) is 2. The van der Waals surface area contributed by atoms with E-state index in [0.29, 0.717) is 6.61 Å². The van der Waals surface area contributed by atoms with Crippen LogP contribution in [0, 0.1) is 0 Å². The number of carbonyl (C=O) groups excluding carboxylic acids is 1. The molecule has 0 saturated heterocycles. The van der Waals surface area contributed by atoms with E-state index in [0.717, 1.165) is 22.2 Å². The zero-order valence-corrected chi connectivity index (χ0v) is 16.5. The molecule has 0 radical (unpaired) electrons. The molecule has 4 nitrogen and oxygen atoms in total. The van der Waals surface area contributed by atoms with E-state index in [4.69, 9.17) is 9.47 Å². The molecule has 0 spiro atoms. The summed E-state index contributed by atoms with van der Waals surface area (Å²) in [5.74, 6) is 0.676. The summed E-state index contributed by atoms with van der Waals surface area (Å²) in [6, 6.07) is 0. The average Bonchev–Trinajstić information content (AvgIpc) is 2.94. The van der Waals surface area contributed by atoms with Crippen LogP contribution in [0.15, 0.2) is 31.7 Å². The Bertz CT molecular complexity index is 620. The molecule has 22 heavy (non-hydrogen) atoms. The van der Waals surface area contributed by atoms with Crippen LogP contribution < -0.4 is 0 Å². The Morgan fingerprint density at radius 1 is 1.50 bits per heavy atom. The lowest BCUT2D eigenvalue weighted by Gasteiger charge is -2.18. The molecule has 0 bridgehead atoms. The van der Waals surface area contributed by atoms with Crippen molar-refractivity contribution in [2.75, 3.05) is 13.7 Å². The third-order valence-electron chi connectivity index (χ3n) is 2.78. The molecule has 2 rings (SSSR count). The molecule has 0 amide bonds. The Kier molecular flexibility index (Phi) is 6.64. The summed E-state index contributed by atoms with van der Waals surface area (Å²) >= 11 is 3.07. The third-order valence-corrected chi connectivity index (χ3v) is 6.49. The summed E-state index contributed by atoms with van der Waals surface area (Å²) in [5.41, 5.74) is 0.991. The summed E-state index contributed by atoms with van der Waals surface area (Å²) < 4.78 is 15.1. The van der Waals surface area contributed by atoms with E-state index in [2.05, 4.69) is 13.1 Å². The van der Waals surface area contributed by atoms with E-state index in [9.17, 15) is 4.79 Å². The number of halogens is 1. The third kappa shape index (κ3) is 5.20. The molecule has 1 aromatic heterocycles. The molecule has 0 saturated carbocycles. The molecule has 0 aromatic carbocycles. The second-order valence-corrected chi connectivity index (χ2v) is 9.81. The SMILES string of the molecule is COC(=O)C(C)(C)Sc1nc(CCOC2=CC=IC=C2)cs1. The number of nitrogens with zero attached hydrogens (tertiary/aromatic N) is 1. The predicted octanol–water partition coefficient (Wildman–Crippen LogP) is 3.93. The highest BCUT2D eigenvalue weighted by atomic mass is 127. The maximum Gasteiger partial charge on any atom is 0.321 e. The number of methoxy groups -OCH3 is 1. The number of carbonyl (C=O) groups is 1. The largest absolute Gasteiger partial charge is 0.493 e. The Morgan fingerprint density at radius 3 is 3.00 bits per heavy atom. The van der Waals surface area contributed by atoms with Gasteiger partial charge in [-0.3, -0.25) is 4.79 Å². The number of rotatable bonds is 7. The fraction of sp³-hybridized carbons (Fsp3) is 0.400. The number of hydrogen-bond donors (Lipinski definition) is 0. The van der Waals surface area contributed by atoms with Crippen molar-refractivity contribution in [2.24, 2.45) is 0 Å². The molecule has 120 valence electrons. The summed E-state index contributed by atoms with van der Waals surface area (Å²) in [4.78, 5) is 16.2. The van der Waals surface area contributed by atoms with Crippen molar-refractivity contribution in [2.45, 2.75) is 29.4 Å². The lowest BCUT2D eigenvalue weighted by atomic mass is 10.2. The van der Waals surface area contributed by atoms with E-state index in [-0.39, 0.29) is 26.7 Å². The first-order chi connectivity index (χ1) is 10.5. The van der Waals surface area contributed by atoms with Gasteiger partial charge in [0.05, 0.1) is 19.4 Å². The first-order valence-corrected chi connectivity index (χ1v) is 10.9. The molecule has 0 aliphatic carbocycles. The Morgan fingerprint density at radius 2 is 2.32 bits per heavy atom. The monoisotopic (exact) mass is 451 g/mol. The van der Waals surface area contributed by atoms with Gasteiger partial charge in [0, 0.05) is 11.8 Å². The van der Waals surface area contributed by atoms with E-state index in [1.807, 2.05) is 31.4 Å². The van der Waals surface area contributed by atoms with E-state index in [1.54, 1.807) is 11.3 Å². The van der Waals surface area contributed by atoms with Gasteiger partial charge in [0.1, 0.15) is 10.5 Å². The minimum atomic E-state index is -0.628. The van der Waals surface area contributed by atoms with Crippen LogP contribution in [0.25, 0.3) is 0 Å². The highest BCUT2D eigenvalue weighted by molar-refractivity contribution is 14.2. The first kappa shape index (κ1) is 17.7. The van der Waals surface area contributed by atoms with Crippen LogP contribution in [0.4, 0.5) is 0 Å². The van der Waals surface area contributed by atoms with E-state index < -0.39 is 4.75 Å². The van der Waals surface area contributed by atoms with Gasteiger partial charge in [-0.1, -0.05) is 32.5 Å². The van der Waals surface area contributed by atoms with Gasteiger partial charge in [0.15, 0.2) is 4.34 Å². The molecule has 7 heteroatoms. The predicted molar refractivity (Wildman–Crippen MR) is 101 cm³/mol. The van der Waals surface area contributed by atoms with Crippen LogP contribution in [-0.4, -0.2) is 33.4 Å². The van der Waals surface area contributed by atoms with E-state index >= 15 is 0 Å². The highest BCUT2D eigenvalue weighted by Gasteiger charge is 2.31. The van der Waals surface area contributed by atoms with Crippen LogP contribution in [0.3, 0.4) is 0 Å². The summed E-state index contributed by atoms with van der Waals surface area (Å²) in [6.45, 7) is 4.29. The number of esters is 1. The second-order valence-electron chi connectivity index (χ2n) is 4.92. The molecule has 2 heterocycles. The molecule has 0 atom stereocenters. The second kappa shape index (κ2) is 8.26. The number of thioether (sulfide) groups is 1. The minimum Gasteiger partial charge on any atom is -0.493 e. The van der Waals surface area contributed by atoms with Gasteiger partial charge < -0.3 is 9.47 Å². The lowest BCUT2D eigenvalue weighted by molar-refractivity contribution is -0.142. The molecular formula is C15H18INO3S2. The van der Waals surface area contributed by atoms with E-state index in [1.165, 1.54) is 18.9 Å². The standard InChI is InChI=1S/C15H18INO3S2/c1-15(2,13(18)19-3)22-14-17-11(10-21-14)6-9-20-12-4-7-16-8-5-12/h4-5,7-8,10H,6,9H2,1-3H3. The van der Waals surface area contributed by atoms with Crippen molar-refractivity contribution in [3.05, 3.63) is 33.1 Å². The van der Waals surface area contributed by atoms with Gasteiger partial charge in [-0.2, -0.15) is 0 Å². The number of aromatic nitrogens is 1. The Hall–Kier alpha value is -0.670. The zero-order chi connectivity index (χ0) is 16.0. The van der Waals surface area contributed by atoms with Crippen molar-refractivity contribution in [3.63, 3.8) is 0 Å². The molecule has 0 fully saturated rings. The highest BCUT2D eigenvalue weighted by Crippen LogP contribution is 2.35. The van der Waals surface area contributed by atoms with Crippen LogP contribution in [0.2, 0.25) is 0 Å². The minimum absolute atomic E-state index is 0.0962. The van der Waals surface area contributed by atoms with Crippen LogP contribution in [-0.2, 0) is 20.7 Å². The van der Waals surface area contributed by atoms with Gasteiger partial charge in [0.2, 0.25) is 0 Å². The maximum absolute atomic E-state index is 11.7. The van der Waals surface area contributed by atoms with Crippen molar-refractivity contribution in [3.8, 4) is 0 Å². The molecule has 1 aromatic rings. The van der Waals surface area contributed by atoms with Gasteiger partial charge in [0.25, 0.3) is 0 Å². The molecule has 0 unspecified atom stereocenters. The van der Waals surface area contributed by atoms with Crippen molar-refractivity contribution < 1.29 is 14.3 Å². The Labute approximate surface area is 148 Å². The fourth-order valence-electron chi connectivity index (χ4n) is 1.62. The van der Waals surface area contributed by atoms with Gasteiger partial charge >= 0.3 is 5.97 Å². The normalized spacial score (nSPS) is 14.2. The lowest BCUT2D eigenvalue weighted by Crippen LogP contribution is -2.28. The van der Waals surface area contributed by atoms with Crippen molar-refractivity contribution in [1.29, 1.82) is 0 Å². The van der Waals surface area contributed by atoms with Gasteiger partial charge in [-0.05, 0) is 34.1 Å². The molecule has 0 N–H and O–H groups in total.